The van der Waals surface area contributed by atoms with Crippen LogP contribution < -0.4 is 4.74 Å². The highest BCUT2D eigenvalue weighted by atomic mass is 35.5. The number of aryl methyl sites for hydroxylation is 1. The topological polar surface area (TPSA) is 77.3 Å². The molecule has 0 unspecified atom stereocenters. The summed E-state index contributed by atoms with van der Waals surface area (Å²) in [5, 5.41) is 0.287. The van der Waals surface area contributed by atoms with Crippen LogP contribution in [0.4, 0.5) is 0 Å². The van der Waals surface area contributed by atoms with Crippen LogP contribution in [-0.4, -0.2) is 41.4 Å². The molecule has 3 rings (SSSR count). The van der Waals surface area contributed by atoms with E-state index in [2.05, 4.69) is 16.9 Å². The van der Waals surface area contributed by atoms with Gasteiger partial charge in [0.1, 0.15) is 12.4 Å². The summed E-state index contributed by atoms with van der Waals surface area (Å²) in [6.45, 7) is 3.02. The summed E-state index contributed by atoms with van der Waals surface area (Å²) in [7, 11) is -0.506. The Hall–Kier alpha value is -2.16. The van der Waals surface area contributed by atoms with Crippen molar-refractivity contribution in [1.82, 2.24) is 18.8 Å². The molecule has 0 N–H and O–H groups in total. The van der Waals surface area contributed by atoms with Crippen molar-refractivity contribution < 1.29 is 13.2 Å². The third-order valence-electron chi connectivity index (χ3n) is 4.11. The fourth-order valence-electron chi connectivity index (χ4n) is 2.74. The Balaban J connectivity index is 1.99. The minimum Gasteiger partial charge on any atom is -0.482 e. The molecular weight excluding hydrogens is 388 g/mol. The molecule has 0 saturated carbocycles. The SMILES string of the molecule is CCCn1c(COc2cccnc2Cl)nc2cc(S(=O)(=O)N(C)C)ccc21. The summed E-state index contributed by atoms with van der Waals surface area (Å²) >= 11 is 6.04. The van der Waals surface area contributed by atoms with E-state index in [0.717, 1.165) is 18.5 Å². The van der Waals surface area contributed by atoms with Crippen molar-refractivity contribution in [2.24, 2.45) is 0 Å². The van der Waals surface area contributed by atoms with Crippen molar-refractivity contribution in [2.45, 2.75) is 31.4 Å². The maximum absolute atomic E-state index is 12.4. The van der Waals surface area contributed by atoms with Gasteiger partial charge in [0.25, 0.3) is 0 Å². The predicted molar refractivity (Wildman–Crippen MR) is 104 cm³/mol. The van der Waals surface area contributed by atoms with E-state index in [-0.39, 0.29) is 16.7 Å². The molecule has 0 fully saturated rings. The number of nitrogens with zero attached hydrogens (tertiary/aromatic N) is 4. The Morgan fingerprint density at radius 3 is 2.70 bits per heavy atom. The molecule has 2 heterocycles. The predicted octanol–water partition coefficient (Wildman–Crippen LogP) is 3.32. The molecule has 0 aliphatic carbocycles. The quantitative estimate of drug-likeness (QED) is 0.560. The molecule has 0 bridgehead atoms. The van der Waals surface area contributed by atoms with Crippen molar-refractivity contribution in [3.8, 4) is 5.75 Å². The van der Waals surface area contributed by atoms with E-state index in [9.17, 15) is 8.42 Å². The molecule has 0 spiro atoms. The molecule has 1 aromatic carbocycles. The Kier molecular flexibility index (Phi) is 5.69. The molecule has 0 atom stereocenters. The van der Waals surface area contributed by atoms with Crippen LogP contribution in [0.1, 0.15) is 19.2 Å². The highest BCUT2D eigenvalue weighted by molar-refractivity contribution is 7.89. The zero-order valence-electron chi connectivity index (χ0n) is 15.4. The van der Waals surface area contributed by atoms with Gasteiger partial charge in [-0.15, -0.1) is 0 Å². The van der Waals surface area contributed by atoms with Crippen LogP contribution >= 0.6 is 11.6 Å². The van der Waals surface area contributed by atoms with Gasteiger partial charge in [-0.25, -0.2) is 22.7 Å². The highest BCUT2D eigenvalue weighted by Gasteiger charge is 2.20. The van der Waals surface area contributed by atoms with Crippen LogP contribution in [0.25, 0.3) is 11.0 Å². The van der Waals surface area contributed by atoms with Gasteiger partial charge in [0.2, 0.25) is 10.0 Å². The molecule has 7 nitrogen and oxygen atoms in total. The molecule has 9 heteroatoms. The lowest BCUT2D eigenvalue weighted by molar-refractivity contribution is 0.289. The Morgan fingerprint density at radius 1 is 1.26 bits per heavy atom. The van der Waals surface area contributed by atoms with E-state index in [1.54, 1.807) is 36.5 Å². The summed E-state index contributed by atoms with van der Waals surface area (Å²) in [5.41, 5.74) is 1.48. The molecule has 0 saturated heterocycles. The van der Waals surface area contributed by atoms with Gasteiger partial charge in [-0.3, -0.25) is 0 Å². The standard InChI is InChI=1S/C18H21ClN4O3S/c1-4-10-23-15-8-7-13(27(24,25)22(2)3)11-14(15)21-17(23)12-26-16-6-5-9-20-18(16)19/h5-9,11H,4,10,12H2,1-3H3. The highest BCUT2D eigenvalue weighted by Crippen LogP contribution is 2.25. The number of fused-ring (bicyclic) bond motifs is 1. The maximum atomic E-state index is 12.4. The molecule has 144 valence electrons. The van der Waals surface area contributed by atoms with Crippen LogP contribution in [-0.2, 0) is 23.2 Å². The fraction of sp³-hybridized carbons (Fsp3) is 0.333. The minimum atomic E-state index is -3.52. The van der Waals surface area contributed by atoms with E-state index in [0.29, 0.717) is 17.1 Å². The Labute approximate surface area is 163 Å². The molecule has 0 radical (unpaired) electrons. The number of pyridine rings is 1. The Bertz CT molecular complexity index is 1060. The van der Waals surface area contributed by atoms with Crippen molar-refractivity contribution >= 4 is 32.7 Å². The third kappa shape index (κ3) is 3.92. The second kappa shape index (κ2) is 7.84. The van der Waals surface area contributed by atoms with Gasteiger partial charge in [0.15, 0.2) is 10.9 Å². The van der Waals surface area contributed by atoms with Gasteiger partial charge in [0.05, 0.1) is 15.9 Å². The Morgan fingerprint density at radius 2 is 2.04 bits per heavy atom. The van der Waals surface area contributed by atoms with Crippen molar-refractivity contribution in [1.29, 1.82) is 0 Å². The number of imidazole rings is 1. The molecule has 3 aromatic rings. The zero-order valence-corrected chi connectivity index (χ0v) is 17.0. The number of halogens is 1. The van der Waals surface area contributed by atoms with Gasteiger partial charge in [-0.05, 0) is 36.8 Å². The second-order valence-corrected chi connectivity index (χ2v) is 8.71. The first-order valence-corrected chi connectivity index (χ1v) is 10.3. The molecule has 0 amide bonds. The molecule has 2 aromatic heterocycles. The lowest BCUT2D eigenvalue weighted by atomic mass is 10.3. The molecule has 27 heavy (non-hydrogen) atoms. The average molecular weight is 409 g/mol. The number of hydrogen-bond donors (Lipinski definition) is 0. The van der Waals surface area contributed by atoms with Crippen LogP contribution in [0.2, 0.25) is 5.15 Å². The summed E-state index contributed by atoms with van der Waals surface area (Å²) in [6, 6.07) is 8.47. The first-order chi connectivity index (χ1) is 12.8. The lowest BCUT2D eigenvalue weighted by Gasteiger charge is -2.11. The van der Waals surface area contributed by atoms with Gasteiger partial charge in [-0.1, -0.05) is 18.5 Å². The van der Waals surface area contributed by atoms with E-state index >= 15 is 0 Å². The minimum absolute atomic E-state index is 0.204. The number of aromatic nitrogens is 3. The van der Waals surface area contributed by atoms with E-state index in [4.69, 9.17) is 16.3 Å². The van der Waals surface area contributed by atoms with Gasteiger partial charge in [0, 0.05) is 26.8 Å². The fourth-order valence-corrected chi connectivity index (χ4v) is 3.83. The summed E-state index contributed by atoms with van der Waals surface area (Å²) in [5.74, 6) is 1.18. The largest absolute Gasteiger partial charge is 0.482 e. The third-order valence-corrected chi connectivity index (χ3v) is 6.20. The van der Waals surface area contributed by atoms with Gasteiger partial charge >= 0.3 is 0 Å². The summed E-state index contributed by atoms with van der Waals surface area (Å²) in [6.07, 6.45) is 2.50. The van der Waals surface area contributed by atoms with Gasteiger partial charge < -0.3 is 9.30 Å². The molecule has 0 aliphatic heterocycles. The number of sulfonamides is 1. The van der Waals surface area contributed by atoms with Crippen LogP contribution in [0.3, 0.4) is 0 Å². The number of rotatable bonds is 7. The van der Waals surface area contributed by atoms with Gasteiger partial charge in [-0.2, -0.15) is 0 Å². The van der Waals surface area contributed by atoms with Crippen molar-refractivity contribution in [2.75, 3.05) is 14.1 Å². The lowest BCUT2D eigenvalue weighted by Crippen LogP contribution is -2.22. The summed E-state index contributed by atoms with van der Waals surface area (Å²) in [4.78, 5) is 8.80. The van der Waals surface area contributed by atoms with E-state index < -0.39 is 10.0 Å². The second-order valence-electron chi connectivity index (χ2n) is 6.20. The van der Waals surface area contributed by atoms with Crippen LogP contribution in [0, 0.1) is 0 Å². The van der Waals surface area contributed by atoms with E-state index in [1.807, 2.05) is 4.57 Å². The molecule has 0 aliphatic rings. The summed E-state index contributed by atoms with van der Waals surface area (Å²) < 4.78 is 33.8. The zero-order chi connectivity index (χ0) is 19.6. The van der Waals surface area contributed by atoms with Crippen LogP contribution in [0.5, 0.6) is 5.75 Å². The average Bonchev–Trinajstić information content (AvgIpc) is 2.98. The van der Waals surface area contributed by atoms with Crippen LogP contribution in [0.15, 0.2) is 41.4 Å². The molecular formula is C18H21ClN4O3S. The van der Waals surface area contributed by atoms with Crippen molar-refractivity contribution in [3.05, 3.63) is 47.5 Å². The smallest absolute Gasteiger partial charge is 0.242 e. The van der Waals surface area contributed by atoms with Crippen molar-refractivity contribution in [3.63, 3.8) is 0 Å². The number of ether oxygens (including phenoxy) is 1. The number of hydrogen-bond acceptors (Lipinski definition) is 5. The normalized spacial score (nSPS) is 12.0. The first kappa shape index (κ1) is 19.6. The van der Waals surface area contributed by atoms with E-state index in [1.165, 1.54) is 18.4 Å². The first-order valence-electron chi connectivity index (χ1n) is 8.49. The maximum Gasteiger partial charge on any atom is 0.242 e. The monoisotopic (exact) mass is 408 g/mol. The number of benzene rings is 1.